The van der Waals surface area contributed by atoms with Crippen LogP contribution in [0, 0.1) is 12.7 Å². The molecule has 4 heteroatoms. The fraction of sp³-hybridized carbons (Fsp3) is 0.125. The summed E-state index contributed by atoms with van der Waals surface area (Å²) in [6.07, 6.45) is 0. The maximum Gasteiger partial charge on any atom is 0.192 e. The second kappa shape index (κ2) is 2.20. The zero-order chi connectivity index (χ0) is 8.72. The SMILES string of the molecule is Cc1nc2cc(F)c(N)cc2o1. The van der Waals surface area contributed by atoms with Gasteiger partial charge in [-0.1, -0.05) is 0 Å². The van der Waals surface area contributed by atoms with Gasteiger partial charge in [-0.15, -0.1) is 0 Å². The van der Waals surface area contributed by atoms with Gasteiger partial charge in [-0.05, 0) is 0 Å². The van der Waals surface area contributed by atoms with Gasteiger partial charge in [0, 0.05) is 19.1 Å². The standard InChI is InChI=1S/C8H7FN2O/c1-4-11-7-2-5(9)6(10)3-8(7)12-4/h2-3H,10H2,1H3. The lowest BCUT2D eigenvalue weighted by atomic mass is 10.3. The number of hydrogen-bond donors (Lipinski definition) is 1. The summed E-state index contributed by atoms with van der Waals surface area (Å²) in [6.45, 7) is 1.70. The third-order valence-electron chi connectivity index (χ3n) is 1.61. The third kappa shape index (κ3) is 0.922. The highest BCUT2D eigenvalue weighted by atomic mass is 19.1. The van der Waals surface area contributed by atoms with Crippen molar-refractivity contribution in [1.82, 2.24) is 4.98 Å². The lowest BCUT2D eigenvalue weighted by Crippen LogP contribution is -1.88. The number of benzene rings is 1. The van der Waals surface area contributed by atoms with Crippen molar-refractivity contribution in [3.63, 3.8) is 0 Å². The van der Waals surface area contributed by atoms with E-state index < -0.39 is 5.82 Å². The molecule has 0 bridgehead atoms. The van der Waals surface area contributed by atoms with Gasteiger partial charge < -0.3 is 10.2 Å². The van der Waals surface area contributed by atoms with E-state index in [0.29, 0.717) is 17.0 Å². The van der Waals surface area contributed by atoms with Gasteiger partial charge >= 0.3 is 0 Å². The lowest BCUT2D eigenvalue weighted by Gasteiger charge is -1.92. The number of anilines is 1. The molecule has 1 aromatic carbocycles. The molecule has 1 heterocycles. The summed E-state index contributed by atoms with van der Waals surface area (Å²) in [5.41, 5.74) is 6.43. The van der Waals surface area contributed by atoms with Crippen LogP contribution >= 0.6 is 0 Å². The molecule has 0 fully saturated rings. The van der Waals surface area contributed by atoms with Crippen molar-refractivity contribution in [2.24, 2.45) is 0 Å². The Morgan fingerprint density at radius 2 is 2.25 bits per heavy atom. The number of halogens is 1. The minimum Gasteiger partial charge on any atom is -0.441 e. The average Bonchev–Trinajstić information content (AvgIpc) is 2.30. The predicted octanol–water partition coefficient (Wildman–Crippen LogP) is 1.86. The summed E-state index contributed by atoms with van der Waals surface area (Å²) in [6, 6.07) is 2.70. The summed E-state index contributed by atoms with van der Waals surface area (Å²) in [7, 11) is 0. The van der Waals surface area contributed by atoms with E-state index in [0.717, 1.165) is 0 Å². The van der Waals surface area contributed by atoms with Crippen LogP contribution in [0.15, 0.2) is 16.5 Å². The highest BCUT2D eigenvalue weighted by Crippen LogP contribution is 2.20. The van der Waals surface area contributed by atoms with Gasteiger partial charge in [-0.2, -0.15) is 0 Å². The molecule has 12 heavy (non-hydrogen) atoms. The highest BCUT2D eigenvalue weighted by Gasteiger charge is 2.06. The molecular formula is C8H7FN2O. The molecule has 0 aliphatic heterocycles. The maximum atomic E-state index is 12.9. The minimum absolute atomic E-state index is 0.0821. The number of nitrogens with zero attached hydrogens (tertiary/aromatic N) is 1. The molecule has 0 saturated heterocycles. The van der Waals surface area contributed by atoms with Crippen molar-refractivity contribution < 1.29 is 8.81 Å². The Labute approximate surface area is 68.0 Å². The molecule has 1 aromatic heterocycles. The molecule has 0 aliphatic carbocycles. The summed E-state index contributed by atoms with van der Waals surface area (Å²) >= 11 is 0. The quantitative estimate of drug-likeness (QED) is 0.607. The van der Waals surface area contributed by atoms with E-state index in [4.69, 9.17) is 10.2 Å². The molecule has 0 aliphatic rings. The Bertz CT molecular complexity index is 397. The molecule has 3 nitrogen and oxygen atoms in total. The molecule has 0 amide bonds. The van der Waals surface area contributed by atoms with Gasteiger partial charge in [0.2, 0.25) is 0 Å². The Balaban J connectivity index is 2.83. The van der Waals surface area contributed by atoms with Crippen LogP contribution in [0.2, 0.25) is 0 Å². The number of oxazole rings is 1. The lowest BCUT2D eigenvalue weighted by molar-refractivity contribution is 0.560. The first-order chi connectivity index (χ1) is 5.66. The van der Waals surface area contributed by atoms with Crippen LogP contribution in [0.5, 0.6) is 0 Å². The van der Waals surface area contributed by atoms with E-state index in [1.165, 1.54) is 12.1 Å². The van der Waals surface area contributed by atoms with Gasteiger partial charge in [0.25, 0.3) is 0 Å². The molecule has 2 N–H and O–H groups in total. The highest BCUT2D eigenvalue weighted by molar-refractivity contribution is 5.76. The van der Waals surface area contributed by atoms with Crippen LogP contribution in [0.4, 0.5) is 10.1 Å². The first-order valence-corrected chi connectivity index (χ1v) is 3.49. The van der Waals surface area contributed by atoms with E-state index in [9.17, 15) is 4.39 Å². The normalized spacial score (nSPS) is 10.8. The summed E-state index contributed by atoms with van der Waals surface area (Å²) < 4.78 is 18.0. The van der Waals surface area contributed by atoms with Crippen molar-refractivity contribution in [3.05, 3.63) is 23.8 Å². The molecule has 0 radical (unpaired) electrons. The summed E-state index contributed by atoms with van der Waals surface area (Å²) in [5.74, 6) is 0.0470. The fourth-order valence-electron chi connectivity index (χ4n) is 1.08. The molecule has 62 valence electrons. The van der Waals surface area contributed by atoms with Crippen LogP contribution < -0.4 is 5.73 Å². The van der Waals surface area contributed by atoms with Gasteiger partial charge in [-0.25, -0.2) is 9.37 Å². The van der Waals surface area contributed by atoms with Gasteiger partial charge in [0.1, 0.15) is 11.3 Å². The Kier molecular flexibility index (Phi) is 1.30. The van der Waals surface area contributed by atoms with E-state index in [1.54, 1.807) is 6.92 Å². The molecule has 2 rings (SSSR count). The molecule has 0 spiro atoms. The smallest absolute Gasteiger partial charge is 0.192 e. The van der Waals surface area contributed by atoms with Crippen molar-refractivity contribution >= 4 is 16.8 Å². The summed E-state index contributed by atoms with van der Waals surface area (Å²) in [4.78, 5) is 3.95. The molecular weight excluding hydrogens is 159 g/mol. The molecule has 0 saturated carbocycles. The fourth-order valence-corrected chi connectivity index (χ4v) is 1.08. The first kappa shape index (κ1) is 7.09. The predicted molar refractivity (Wildman–Crippen MR) is 43.1 cm³/mol. The Morgan fingerprint density at radius 3 is 3.00 bits per heavy atom. The van der Waals surface area contributed by atoms with Crippen LogP contribution in [0.25, 0.3) is 11.1 Å². The van der Waals surface area contributed by atoms with Crippen molar-refractivity contribution in [2.45, 2.75) is 6.92 Å². The van der Waals surface area contributed by atoms with Crippen molar-refractivity contribution in [2.75, 3.05) is 5.73 Å². The second-order valence-electron chi connectivity index (χ2n) is 2.57. The van der Waals surface area contributed by atoms with Crippen molar-refractivity contribution in [3.8, 4) is 0 Å². The third-order valence-corrected chi connectivity index (χ3v) is 1.61. The Hall–Kier alpha value is -1.58. The number of nitrogens with two attached hydrogens (primary N) is 1. The maximum absolute atomic E-state index is 12.9. The van der Waals surface area contributed by atoms with Gasteiger partial charge in [0.05, 0.1) is 5.69 Å². The zero-order valence-corrected chi connectivity index (χ0v) is 6.47. The van der Waals surface area contributed by atoms with Crippen molar-refractivity contribution in [1.29, 1.82) is 0 Å². The Morgan fingerprint density at radius 1 is 1.50 bits per heavy atom. The van der Waals surface area contributed by atoms with Gasteiger partial charge in [0.15, 0.2) is 11.5 Å². The number of aryl methyl sites for hydroxylation is 1. The monoisotopic (exact) mass is 166 g/mol. The largest absolute Gasteiger partial charge is 0.441 e. The van der Waals surface area contributed by atoms with Crippen LogP contribution in [-0.2, 0) is 0 Å². The van der Waals surface area contributed by atoms with Crippen LogP contribution in [-0.4, -0.2) is 4.98 Å². The zero-order valence-electron chi connectivity index (χ0n) is 6.47. The number of hydrogen-bond acceptors (Lipinski definition) is 3. The minimum atomic E-state index is -0.462. The number of nitrogen functional groups attached to an aromatic ring is 1. The van der Waals surface area contributed by atoms with E-state index >= 15 is 0 Å². The summed E-state index contributed by atoms with van der Waals surface area (Å²) in [5, 5.41) is 0. The second-order valence-corrected chi connectivity index (χ2v) is 2.57. The van der Waals surface area contributed by atoms with E-state index in [2.05, 4.69) is 4.98 Å². The molecule has 2 aromatic rings. The average molecular weight is 166 g/mol. The topological polar surface area (TPSA) is 52.0 Å². The van der Waals surface area contributed by atoms with Gasteiger partial charge in [-0.3, -0.25) is 0 Å². The number of rotatable bonds is 0. The van der Waals surface area contributed by atoms with E-state index in [1.807, 2.05) is 0 Å². The van der Waals surface area contributed by atoms with E-state index in [-0.39, 0.29) is 5.69 Å². The number of fused-ring (bicyclic) bond motifs is 1. The molecule has 0 unspecified atom stereocenters. The van der Waals surface area contributed by atoms with Crippen LogP contribution in [0.3, 0.4) is 0 Å². The molecule has 0 atom stereocenters. The number of aromatic nitrogens is 1. The van der Waals surface area contributed by atoms with Crippen LogP contribution in [0.1, 0.15) is 5.89 Å². The first-order valence-electron chi connectivity index (χ1n) is 3.49.